The average Bonchev–Trinajstić information content (AvgIpc) is 3.31. The van der Waals surface area contributed by atoms with E-state index in [9.17, 15) is 13.5 Å². The molecule has 162 valence electrons. The van der Waals surface area contributed by atoms with Crippen LogP contribution in [-0.2, 0) is 10.2 Å². The van der Waals surface area contributed by atoms with Crippen LogP contribution in [0.3, 0.4) is 0 Å². The van der Waals surface area contributed by atoms with E-state index in [0.29, 0.717) is 45.4 Å². The lowest BCUT2D eigenvalue weighted by Crippen LogP contribution is -2.60. The van der Waals surface area contributed by atoms with Crippen LogP contribution in [0.2, 0.25) is 0 Å². The van der Waals surface area contributed by atoms with Gasteiger partial charge in [-0.15, -0.1) is 0 Å². The number of hydrogen-bond donors (Lipinski definition) is 2. The molecule has 4 rings (SSSR count). The van der Waals surface area contributed by atoms with E-state index in [1.165, 1.54) is 10.6 Å². The molecule has 1 saturated carbocycles. The lowest BCUT2D eigenvalue weighted by Gasteiger charge is -2.43. The minimum absolute atomic E-state index is 0.0705. The van der Waals surface area contributed by atoms with Gasteiger partial charge in [0, 0.05) is 45.3 Å². The van der Waals surface area contributed by atoms with Gasteiger partial charge in [-0.2, -0.15) is 22.3 Å². The maximum Gasteiger partial charge on any atom is 0.282 e. The highest BCUT2D eigenvalue weighted by molar-refractivity contribution is 7.86. The number of hydrogen-bond acceptors (Lipinski definition) is 7. The minimum Gasteiger partial charge on any atom is -0.395 e. The second-order valence-corrected chi connectivity index (χ2v) is 9.75. The van der Waals surface area contributed by atoms with Gasteiger partial charge >= 0.3 is 0 Å². The quantitative estimate of drug-likeness (QED) is 0.561. The smallest absolute Gasteiger partial charge is 0.282 e. The zero-order chi connectivity index (χ0) is 21.2. The van der Waals surface area contributed by atoms with Gasteiger partial charge in [0.15, 0.2) is 0 Å². The first-order chi connectivity index (χ1) is 14.5. The molecule has 0 aromatic carbocycles. The number of rotatable bonds is 9. The number of unbranched alkanes of at least 4 members (excludes halogenated alkanes) is 2. The van der Waals surface area contributed by atoms with Gasteiger partial charge in [0.1, 0.15) is 17.8 Å². The summed E-state index contributed by atoms with van der Waals surface area (Å²) in [5.74, 6) is 0.827. The van der Waals surface area contributed by atoms with E-state index >= 15 is 0 Å². The predicted octanol–water partition coefficient (Wildman–Crippen LogP) is 0.845. The molecule has 3 heterocycles. The number of H-pyrrole nitrogens is 1. The first-order valence-electron chi connectivity index (χ1n) is 10.3. The largest absolute Gasteiger partial charge is 0.395 e. The maximum atomic E-state index is 13.4. The number of fused-ring (bicyclic) bond motifs is 1. The maximum absolute atomic E-state index is 13.4. The molecule has 1 aliphatic carbocycles. The van der Waals surface area contributed by atoms with Crippen molar-refractivity contribution in [2.75, 3.05) is 44.2 Å². The molecule has 0 radical (unpaired) electrons. The normalized spacial score (nSPS) is 18.9. The van der Waals surface area contributed by atoms with Crippen molar-refractivity contribution in [2.45, 2.75) is 37.6 Å². The number of aliphatic hydroxyl groups excluding tert-OH is 1. The van der Waals surface area contributed by atoms with Crippen LogP contribution in [0.4, 0.5) is 5.82 Å². The number of piperazine rings is 1. The van der Waals surface area contributed by atoms with Crippen LogP contribution in [0.15, 0.2) is 18.6 Å². The predicted molar refractivity (Wildman–Crippen MR) is 112 cm³/mol. The van der Waals surface area contributed by atoms with Gasteiger partial charge in [-0.3, -0.25) is 0 Å². The van der Waals surface area contributed by atoms with E-state index in [2.05, 4.69) is 25.9 Å². The molecule has 1 aliphatic heterocycles. The van der Waals surface area contributed by atoms with Crippen LogP contribution < -0.4 is 4.90 Å². The van der Waals surface area contributed by atoms with Crippen LogP contribution in [0.5, 0.6) is 0 Å². The summed E-state index contributed by atoms with van der Waals surface area (Å²) < 4.78 is 29.9. The van der Waals surface area contributed by atoms with Crippen LogP contribution in [-0.4, -0.2) is 82.0 Å². The molecule has 0 bridgehead atoms. The number of aromatic amines is 1. The van der Waals surface area contributed by atoms with Gasteiger partial charge in [-0.1, -0.05) is 0 Å². The van der Waals surface area contributed by atoms with Crippen molar-refractivity contribution in [3.63, 3.8) is 0 Å². The van der Waals surface area contributed by atoms with Gasteiger partial charge < -0.3 is 15.0 Å². The fourth-order valence-electron chi connectivity index (χ4n) is 4.25. The molecule has 2 N–H and O–H groups in total. The van der Waals surface area contributed by atoms with Gasteiger partial charge in [-0.25, -0.2) is 9.97 Å². The standard InChI is InChI=1S/C19H27N7O3S/c20-7-2-1-3-9-25(12-13-27)30(28,29)26-11-10-24(14-19(26)5-6-19)18-16-4-8-21-17(16)22-15-23-18/h4,8,15,27H,1-3,5-6,9-14H2,(H,21,22,23). The molecule has 2 aromatic rings. The Bertz CT molecular complexity index is 1030. The van der Waals surface area contributed by atoms with Crippen molar-refractivity contribution in [1.82, 2.24) is 23.6 Å². The number of aromatic nitrogens is 3. The van der Waals surface area contributed by atoms with E-state index in [-0.39, 0.29) is 13.2 Å². The topological polar surface area (TPSA) is 129 Å². The molecule has 1 spiro atoms. The summed E-state index contributed by atoms with van der Waals surface area (Å²) in [7, 11) is -3.70. The molecule has 11 heteroatoms. The molecule has 1 saturated heterocycles. The van der Waals surface area contributed by atoms with Crippen molar-refractivity contribution in [3.8, 4) is 6.07 Å². The van der Waals surface area contributed by atoms with Crippen molar-refractivity contribution >= 4 is 27.1 Å². The van der Waals surface area contributed by atoms with Crippen molar-refractivity contribution in [3.05, 3.63) is 18.6 Å². The Morgan fingerprint density at radius 3 is 2.83 bits per heavy atom. The van der Waals surface area contributed by atoms with Crippen LogP contribution in [0, 0.1) is 11.3 Å². The zero-order valence-corrected chi connectivity index (χ0v) is 17.7. The molecular formula is C19H27N7O3S. The monoisotopic (exact) mass is 433 g/mol. The number of nitrogens with one attached hydrogen (secondary N) is 1. The third-order valence-corrected chi connectivity index (χ3v) is 8.09. The summed E-state index contributed by atoms with van der Waals surface area (Å²) in [6.07, 6.45) is 6.63. The Balaban J connectivity index is 1.52. The Morgan fingerprint density at radius 1 is 1.27 bits per heavy atom. The van der Waals surface area contributed by atoms with Gasteiger partial charge in [-0.05, 0) is 31.7 Å². The minimum atomic E-state index is -3.70. The van der Waals surface area contributed by atoms with E-state index in [0.717, 1.165) is 29.7 Å². The summed E-state index contributed by atoms with van der Waals surface area (Å²) in [5, 5.41) is 19.1. The average molecular weight is 434 g/mol. The van der Waals surface area contributed by atoms with E-state index < -0.39 is 15.7 Å². The summed E-state index contributed by atoms with van der Waals surface area (Å²) >= 11 is 0. The third kappa shape index (κ3) is 3.88. The fraction of sp³-hybridized carbons (Fsp3) is 0.632. The lowest BCUT2D eigenvalue weighted by molar-refractivity contribution is 0.217. The van der Waals surface area contributed by atoms with E-state index in [1.54, 1.807) is 4.31 Å². The second kappa shape index (κ2) is 8.47. The Morgan fingerprint density at radius 2 is 2.10 bits per heavy atom. The molecule has 0 atom stereocenters. The van der Waals surface area contributed by atoms with E-state index in [1.807, 2.05) is 12.3 Å². The van der Waals surface area contributed by atoms with Crippen LogP contribution in [0.1, 0.15) is 32.1 Å². The van der Waals surface area contributed by atoms with E-state index in [4.69, 9.17) is 5.26 Å². The zero-order valence-electron chi connectivity index (χ0n) is 16.9. The number of aliphatic hydroxyl groups is 1. The molecular weight excluding hydrogens is 406 g/mol. The summed E-state index contributed by atoms with van der Waals surface area (Å²) in [4.78, 5) is 13.9. The molecule has 30 heavy (non-hydrogen) atoms. The Hall–Kier alpha value is -2.26. The molecule has 0 unspecified atom stereocenters. The highest BCUT2D eigenvalue weighted by Crippen LogP contribution is 2.47. The number of anilines is 1. The molecule has 0 amide bonds. The van der Waals surface area contributed by atoms with Gasteiger partial charge in [0.25, 0.3) is 10.2 Å². The van der Waals surface area contributed by atoms with Crippen molar-refractivity contribution < 1.29 is 13.5 Å². The Labute approximate surface area is 176 Å². The van der Waals surface area contributed by atoms with Crippen molar-refractivity contribution in [2.24, 2.45) is 0 Å². The highest BCUT2D eigenvalue weighted by Gasteiger charge is 2.57. The molecule has 2 fully saturated rings. The number of nitrogens with zero attached hydrogens (tertiary/aromatic N) is 6. The first kappa shape index (κ1) is 21.0. The summed E-state index contributed by atoms with van der Waals surface area (Å²) in [5.41, 5.74) is 0.344. The summed E-state index contributed by atoms with van der Waals surface area (Å²) in [6.45, 7) is 1.66. The fourth-order valence-corrected chi connectivity index (χ4v) is 6.24. The summed E-state index contributed by atoms with van der Waals surface area (Å²) in [6, 6.07) is 4.03. The molecule has 2 aliphatic rings. The van der Waals surface area contributed by atoms with Crippen molar-refractivity contribution in [1.29, 1.82) is 5.26 Å². The number of nitriles is 1. The first-order valence-corrected chi connectivity index (χ1v) is 11.7. The lowest BCUT2D eigenvalue weighted by atomic mass is 10.2. The molecule has 2 aromatic heterocycles. The van der Waals surface area contributed by atoms with Gasteiger partial charge in [0.2, 0.25) is 0 Å². The highest BCUT2D eigenvalue weighted by atomic mass is 32.2. The Kier molecular flexibility index (Phi) is 5.92. The van der Waals surface area contributed by atoms with Crippen LogP contribution >= 0.6 is 0 Å². The third-order valence-electron chi connectivity index (χ3n) is 5.95. The SMILES string of the molecule is N#CCCCCN(CCO)S(=O)(=O)N1CCN(c2ncnc3[nH]ccc23)CC12CC2. The van der Waals surface area contributed by atoms with Crippen LogP contribution in [0.25, 0.3) is 11.0 Å². The second-order valence-electron chi connectivity index (χ2n) is 7.90. The van der Waals surface area contributed by atoms with Gasteiger partial charge in [0.05, 0.1) is 23.6 Å². The molecule has 10 nitrogen and oxygen atoms in total.